The van der Waals surface area contributed by atoms with Crippen LogP contribution in [0.4, 0.5) is 17.6 Å². The van der Waals surface area contributed by atoms with Crippen molar-refractivity contribution in [3.63, 3.8) is 0 Å². The molecule has 8 heteroatoms. The molecule has 0 bridgehead atoms. The molecule has 1 aromatic rings. The summed E-state index contributed by atoms with van der Waals surface area (Å²) in [7, 11) is -3.98. The minimum Gasteiger partial charge on any atom is -0.371 e. The molecular formula is C10H10F4O3S. The Morgan fingerprint density at radius 1 is 1.17 bits per heavy atom. The molecular weight excluding hydrogens is 276 g/mol. The summed E-state index contributed by atoms with van der Waals surface area (Å²) in [6.07, 6.45) is -4.51. The predicted molar refractivity (Wildman–Crippen MR) is 55.3 cm³/mol. The first-order valence-corrected chi connectivity index (χ1v) is 6.49. The van der Waals surface area contributed by atoms with E-state index in [-0.39, 0.29) is 0 Å². The number of ether oxygens (including phenoxy) is 1. The summed E-state index contributed by atoms with van der Waals surface area (Å²) in [6, 6.07) is 4.65. The second-order valence-corrected chi connectivity index (χ2v) is 5.49. The molecule has 0 spiro atoms. The van der Waals surface area contributed by atoms with Crippen LogP contribution in [0, 0.1) is 5.82 Å². The first-order chi connectivity index (χ1) is 8.22. The monoisotopic (exact) mass is 286 g/mol. The molecule has 1 aromatic carbocycles. The zero-order chi connectivity index (χ0) is 13.8. The molecule has 1 rings (SSSR count). The molecule has 0 unspecified atom stereocenters. The van der Waals surface area contributed by atoms with Gasteiger partial charge in [0.15, 0.2) is 9.84 Å². The first-order valence-electron chi connectivity index (χ1n) is 4.84. The highest BCUT2D eigenvalue weighted by Gasteiger charge is 2.28. The van der Waals surface area contributed by atoms with Gasteiger partial charge in [-0.25, -0.2) is 12.8 Å². The fourth-order valence-electron chi connectivity index (χ4n) is 1.16. The highest BCUT2D eigenvalue weighted by Crippen LogP contribution is 2.17. The van der Waals surface area contributed by atoms with Crippen LogP contribution >= 0.6 is 0 Å². The Balaban J connectivity index is 2.59. The maximum absolute atomic E-state index is 13.2. The molecule has 102 valence electrons. The van der Waals surface area contributed by atoms with Crippen LogP contribution in [-0.2, 0) is 14.6 Å². The SMILES string of the molecule is O=S(=O)(CCOCC(F)(F)F)c1ccccc1F. The van der Waals surface area contributed by atoms with Gasteiger partial charge in [0.05, 0.1) is 12.4 Å². The summed E-state index contributed by atoms with van der Waals surface area (Å²) in [6.45, 7) is -2.17. The van der Waals surface area contributed by atoms with Crippen molar-refractivity contribution in [3.05, 3.63) is 30.1 Å². The lowest BCUT2D eigenvalue weighted by Crippen LogP contribution is -2.21. The van der Waals surface area contributed by atoms with Gasteiger partial charge in [0.25, 0.3) is 0 Å². The van der Waals surface area contributed by atoms with Gasteiger partial charge in [0.2, 0.25) is 0 Å². The smallest absolute Gasteiger partial charge is 0.371 e. The van der Waals surface area contributed by atoms with Crippen molar-refractivity contribution in [1.29, 1.82) is 0 Å². The standard InChI is InChI=1S/C10H10F4O3S/c11-8-3-1-2-4-9(8)18(15,16)6-5-17-7-10(12,13)14/h1-4H,5-7H2. The summed E-state index contributed by atoms with van der Waals surface area (Å²) < 4.78 is 75.7. The van der Waals surface area contributed by atoms with Crippen LogP contribution in [0.15, 0.2) is 29.2 Å². The van der Waals surface area contributed by atoms with E-state index >= 15 is 0 Å². The van der Waals surface area contributed by atoms with Crippen molar-refractivity contribution < 1.29 is 30.7 Å². The second-order valence-electron chi connectivity index (χ2n) is 3.42. The van der Waals surface area contributed by atoms with E-state index in [1.54, 1.807) is 0 Å². The zero-order valence-corrected chi connectivity index (χ0v) is 9.89. The topological polar surface area (TPSA) is 43.4 Å². The maximum atomic E-state index is 13.2. The third-order valence-electron chi connectivity index (χ3n) is 1.93. The molecule has 0 atom stereocenters. The normalized spacial score (nSPS) is 12.7. The lowest BCUT2D eigenvalue weighted by molar-refractivity contribution is -0.172. The summed E-state index contributed by atoms with van der Waals surface area (Å²) >= 11 is 0. The molecule has 0 fully saturated rings. The molecule has 0 amide bonds. The van der Waals surface area contributed by atoms with E-state index in [4.69, 9.17) is 0 Å². The van der Waals surface area contributed by atoms with E-state index in [1.165, 1.54) is 12.1 Å². The molecule has 0 aliphatic carbocycles. The Morgan fingerprint density at radius 3 is 2.33 bits per heavy atom. The average molecular weight is 286 g/mol. The van der Waals surface area contributed by atoms with Gasteiger partial charge in [-0.1, -0.05) is 12.1 Å². The Hall–Kier alpha value is -1.15. The van der Waals surface area contributed by atoms with E-state index in [1.807, 2.05) is 0 Å². The van der Waals surface area contributed by atoms with Gasteiger partial charge in [-0.15, -0.1) is 0 Å². The quantitative estimate of drug-likeness (QED) is 0.615. The number of halogens is 4. The molecule has 0 saturated heterocycles. The number of benzene rings is 1. The highest BCUT2D eigenvalue weighted by atomic mass is 32.2. The zero-order valence-electron chi connectivity index (χ0n) is 9.08. The summed E-state index contributed by atoms with van der Waals surface area (Å²) in [4.78, 5) is -0.541. The number of hydrogen-bond acceptors (Lipinski definition) is 3. The van der Waals surface area contributed by atoms with Crippen molar-refractivity contribution in [3.8, 4) is 0 Å². The van der Waals surface area contributed by atoms with E-state index < -0.39 is 45.7 Å². The lowest BCUT2D eigenvalue weighted by Gasteiger charge is -2.08. The Bertz CT molecular complexity index is 496. The molecule has 0 aliphatic heterocycles. The minimum atomic E-state index is -4.51. The van der Waals surface area contributed by atoms with Crippen LogP contribution in [0.3, 0.4) is 0 Å². The molecule has 0 aliphatic rings. The van der Waals surface area contributed by atoms with Crippen LogP contribution in [0.2, 0.25) is 0 Å². The van der Waals surface area contributed by atoms with Crippen molar-refractivity contribution in [2.75, 3.05) is 19.0 Å². The Labute approximate surface area is 101 Å². The minimum absolute atomic E-state index is 0.541. The molecule has 0 saturated carbocycles. The molecule has 0 aromatic heterocycles. The average Bonchev–Trinajstić information content (AvgIpc) is 2.24. The number of rotatable bonds is 5. The van der Waals surface area contributed by atoms with E-state index in [2.05, 4.69) is 4.74 Å². The Morgan fingerprint density at radius 2 is 1.78 bits per heavy atom. The third kappa shape index (κ3) is 4.61. The van der Waals surface area contributed by atoms with Crippen molar-refractivity contribution >= 4 is 9.84 Å². The van der Waals surface area contributed by atoms with Crippen LogP contribution in [0.5, 0.6) is 0 Å². The number of alkyl halides is 3. The van der Waals surface area contributed by atoms with Crippen LogP contribution in [0.25, 0.3) is 0 Å². The Kier molecular flexibility index (Phi) is 4.69. The number of sulfone groups is 1. The van der Waals surface area contributed by atoms with E-state index in [0.717, 1.165) is 12.1 Å². The highest BCUT2D eigenvalue weighted by molar-refractivity contribution is 7.91. The van der Waals surface area contributed by atoms with Gasteiger partial charge >= 0.3 is 6.18 Å². The van der Waals surface area contributed by atoms with Gasteiger partial charge < -0.3 is 4.74 Å². The summed E-state index contributed by atoms with van der Waals surface area (Å²) in [5.41, 5.74) is 0. The molecule has 0 heterocycles. The second kappa shape index (κ2) is 5.66. The summed E-state index contributed by atoms with van der Waals surface area (Å²) in [5, 5.41) is 0. The third-order valence-corrected chi connectivity index (χ3v) is 3.64. The van der Waals surface area contributed by atoms with Crippen molar-refractivity contribution in [2.24, 2.45) is 0 Å². The molecule has 0 N–H and O–H groups in total. The van der Waals surface area contributed by atoms with Crippen LogP contribution in [0.1, 0.15) is 0 Å². The molecule has 0 radical (unpaired) electrons. The molecule has 3 nitrogen and oxygen atoms in total. The van der Waals surface area contributed by atoms with Gasteiger partial charge in [0.1, 0.15) is 17.3 Å². The van der Waals surface area contributed by atoms with Gasteiger partial charge in [-0.3, -0.25) is 0 Å². The molecule has 18 heavy (non-hydrogen) atoms. The largest absolute Gasteiger partial charge is 0.411 e. The number of hydrogen-bond donors (Lipinski definition) is 0. The van der Waals surface area contributed by atoms with E-state index in [0.29, 0.717) is 0 Å². The van der Waals surface area contributed by atoms with E-state index in [9.17, 15) is 26.0 Å². The fourth-order valence-corrected chi connectivity index (χ4v) is 2.37. The predicted octanol–water partition coefficient (Wildman–Crippen LogP) is 2.18. The van der Waals surface area contributed by atoms with Gasteiger partial charge in [0, 0.05) is 0 Å². The van der Waals surface area contributed by atoms with Crippen LogP contribution in [-0.4, -0.2) is 33.6 Å². The fraction of sp³-hybridized carbons (Fsp3) is 0.400. The summed E-state index contributed by atoms with van der Waals surface area (Å²) in [5.74, 6) is -1.64. The van der Waals surface area contributed by atoms with Gasteiger partial charge in [-0.2, -0.15) is 13.2 Å². The lowest BCUT2D eigenvalue weighted by atomic mass is 10.3. The van der Waals surface area contributed by atoms with Crippen LogP contribution < -0.4 is 0 Å². The maximum Gasteiger partial charge on any atom is 0.411 e. The first kappa shape index (κ1) is 14.9. The van der Waals surface area contributed by atoms with Crippen molar-refractivity contribution in [2.45, 2.75) is 11.1 Å². The van der Waals surface area contributed by atoms with Gasteiger partial charge in [-0.05, 0) is 12.1 Å². The van der Waals surface area contributed by atoms with Crippen molar-refractivity contribution in [1.82, 2.24) is 0 Å².